The number of halogens is 1. The van der Waals surface area contributed by atoms with Crippen LogP contribution in [-0.2, 0) is 20.7 Å². The standard InChI is InChI=1S/C25H29FN2O3/c1-17(2)23(29)28-13-14-31-25(16-28,24(30)27-21-11-12-21)15-19-5-3-4-6-22(19)18-7-9-20(26)10-8-18/h3-10,17,21H,11-16H2,1-2H3,(H,27,30)/t25-/m0/s1. The largest absolute Gasteiger partial charge is 0.361 e. The summed E-state index contributed by atoms with van der Waals surface area (Å²) in [5.74, 6) is -0.572. The molecule has 1 heterocycles. The molecule has 6 heteroatoms. The summed E-state index contributed by atoms with van der Waals surface area (Å²) < 4.78 is 19.6. The molecule has 31 heavy (non-hydrogen) atoms. The Morgan fingerprint density at radius 1 is 1.16 bits per heavy atom. The molecular weight excluding hydrogens is 395 g/mol. The number of hydrogen-bond donors (Lipinski definition) is 1. The lowest BCUT2D eigenvalue weighted by Crippen LogP contribution is -2.62. The van der Waals surface area contributed by atoms with Crippen molar-refractivity contribution in [1.82, 2.24) is 10.2 Å². The second-order valence-corrected chi connectivity index (χ2v) is 8.85. The zero-order chi connectivity index (χ0) is 22.0. The van der Waals surface area contributed by atoms with E-state index in [2.05, 4.69) is 5.32 Å². The van der Waals surface area contributed by atoms with Gasteiger partial charge in [-0.1, -0.05) is 50.2 Å². The molecule has 0 radical (unpaired) electrons. The highest BCUT2D eigenvalue weighted by molar-refractivity contribution is 5.88. The number of carbonyl (C=O) groups is 2. The van der Waals surface area contributed by atoms with Crippen LogP contribution >= 0.6 is 0 Å². The van der Waals surface area contributed by atoms with Crippen LogP contribution in [0.1, 0.15) is 32.3 Å². The smallest absolute Gasteiger partial charge is 0.254 e. The summed E-state index contributed by atoms with van der Waals surface area (Å²) in [5.41, 5.74) is 1.58. The van der Waals surface area contributed by atoms with Gasteiger partial charge in [0.1, 0.15) is 5.82 Å². The number of nitrogens with zero attached hydrogens (tertiary/aromatic N) is 1. The Morgan fingerprint density at radius 2 is 1.87 bits per heavy atom. The molecule has 0 bridgehead atoms. The molecule has 1 aliphatic carbocycles. The first-order valence-electron chi connectivity index (χ1n) is 11.0. The summed E-state index contributed by atoms with van der Waals surface area (Å²) in [7, 11) is 0. The molecule has 164 valence electrons. The molecule has 2 fully saturated rings. The first-order valence-corrected chi connectivity index (χ1v) is 11.0. The number of carbonyl (C=O) groups excluding carboxylic acids is 2. The molecule has 2 aliphatic rings. The minimum absolute atomic E-state index is 0.0266. The van der Waals surface area contributed by atoms with E-state index >= 15 is 0 Å². The van der Waals surface area contributed by atoms with E-state index in [0.717, 1.165) is 29.5 Å². The molecule has 1 aliphatic heterocycles. The Bertz CT molecular complexity index is 955. The van der Waals surface area contributed by atoms with Gasteiger partial charge < -0.3 is 15.0 Å². The Morgan fingerprint density at radius 3 is 2.55 bits per heavy atom. The van der Waals surface area contributed by atoms with E-state index < -0.39 is 5.60 Å². The van der Waals surface area contributed by atoms with Gasteiger partial charge in [-0.3, -0.25) is 9.59 Å². The van der Waals surface area contributed by atoms with E-state index in [0.29, 0.717) is 19.6 Å². The van der Waals surface area contributed by atoms with Crippen LogP contribution in [0.15, 0.2) is 48.5 Å². The third kappa shape index (κ3) is 4.79. The van der Waals surface area contributed by atoms with Crippen LogP contribution in [0, 0.1) is 11.7 Å². The molecule has 0 aromatic heterocycles. The van der Waals surface area contributed by atoms with Crippen molar-refractivity contribution in [2.45, 2.75) is 44.8 Å². The minimum Gasteiger partial charge on any atom is -0.361 e. The molecule has 1 saturated heterocycles. The lowest BCUT2D eigenvalue weighted by Gasteiger charge is -2.42. The molecule has 4 rings (SSSR count). The van der Waals surface area contributed by atoms with Crippen LogP contribution in [0.25, 0.3) is 11.1 Å². The van der Waals surface area contributed by atoms with E-state index in [-0.39, 0.29) is 36.1 Å². The van der Waals surface area contributed by atoms with Crippen LogP contribution in [0.3, 0.4) is 0 Å². The number of amides is 2. The highest BCUT2D eigenvalue weighted by Gasteiger charge is 2.47. The molecular formula is C25H29FN2O3. The molecule has 2 amide bonds. The van der Waals surface area contributed by atoms with Gasteiger partial charge in [0.2, 0.25) is 5.91 Å². The normalized spacial score (nSPS) is 21.2. The fraction of sp³-hybridized carbons (Fsp3) is 0.440. The van der Waals surface area contributed by atoms with Gasteiger partial charge in [-0.15, -0.1) is 0 Å². The Balaban J connectivity index is 1.68. The maximum absolute atomic E-state index is 13.4. The quantitative estimate of drug-likeness (QED) is 0.771. The average molecular weight is 425 g/mol. The Labute approximate surface area is 182 Å². The number of ether oxygens (including phenoxy) is 1. The van der Waals surface area contributed by atoms with Gasteiger partial charge in [0, 0.05) is 24.9 Å². The van der Waals surface area contributed by atoms with Crippen molar-refractivity contribution in [3.8, 4) is 11.1 Å². The summed E-state index contributed by atoms with van der Waals surface area (Å²) in [5, 5.41) is 3.09. The second-order valence-electron chi connectivity index (χ2n) is 8.85. The van der Waals surface area contributed by atoms with Crippen molar-refractivity contribution < 1.29 is 18.7 Å². The maximum Gasteiger partial charge on any atom is 0.254 e. The number of morpholine rings is 1. The summed E-state index contributed by atoms with van der Waals surface area (Å²) in [6, 6.07) is 14.3. The van der Waals surface area contributed by atoms with E-state index in [1.807, 2.05) is 38.1 Å². The molecule has 0 spiro atoms. The fourth-order valence-electron chi connectivity index (χ4n) is 4.10. The van der Waals surface area contributed by atoms with Crippen molar-refractivity contribution in [3.05, 3.63) is 59.9 Å². The molecule has 2 aromatic rings. The predicted molar refractivity (Wildman–Crippen MR) is 117 cm³/mol. The zero-order valence-electron chi connectivity index (χ0n) is 18.1. The predicted octanol–water partition coefficient (Wildman–Crippen LogP) is 3.57. The van der Waals surface area contributed by atoms with Gasteiger partial charge in [0.15, 0.2) is 5.60 Å². The lowest BCUT2D eigenvalue weighted by molar-refractivity contribution is -0.167. The fourth-order valence-corrected chi connectivity index (χ4v) is 4.10. The molecule has 1 atom stereocenters. The number of benzene rings is 2. The summed E-state index contributed by atoms with van der Waals surface area (Å²) in [6.45, 7) is 4.76. The van der Waals surface area contributed by atoms with E-state index in [1.54, 1.807) is 17.0 Å². The zero-order valence-corrected chi connectivity index (χ0v) is 18.1. The van der Waals surface area contributed by atoms with E-state index in [4.69, 9.17) is 4.74 Å². The summed E-state index contributed by atoms with van der Waals surface area (Å²) in [4.78, 5) is 27.9. The SMILES string of the molecule is CC(C)C(=O)N1CCO[C@](Cc2ccccc2-c2ccc(F)cc2)(C(=O)NC2CC2)C1. The van der Waals surface area contributed by atoms with Crippen molar-refractivity contribution in [2.75, 3.05) is 19.7 Å². The Hall–Kier alpha value is -2.73. The molecule has 1 N–H and O–H groups in total. The van der Waals surface area contributed by atoms with Gasteiger partial charge >= 0.3 is 0 Å². The van der Waals surface area contributed by atoms with Gasteiger partial charge in [0.25, 0.3) is 5.91 Å². The first-order chi connectivity index (χ1) is 14.9. The van der Waals surface area contributed by atoms with Crippen molar-refractivity contribution in [1.29, 1.82) is 0 Å². The van der Waals surface area contributed by atoms with Crippen LogP contribution in [0.4, 0.5) is 4.39 Å². The van der Waals surface area contributed by atoms with Crippen LogP contribution in [0.5, 0.6) is 0 Å². The third-order valence-electron chi connectivity index (χ3n) is 5.97. The Kier molecular flexibility index (Phi) is 6.10. The van der Waals surface area contributed by atoms with E-state index in [1.165, 1.54) is 12.1 Å². The van der Waals surface area contributed by atoms with Crippen LogP contribution < -0.4 is 5.32 Å². The first kappa shape index (κ1) is 21.5. The highest BCUT2D eigenvalue weighted by Crippen LogP contribution is 2.32. The number of nitrogens with one attached hydrogen (secondary N) is 1. The van der Waals surface area contributed by atoms with Crippen LogP contribution in [-0.4, -0.2) is 48.1 Å². The number of hydrogen-bond acceptors (Lipinski definition) is 3. The molecule has 2 aromatic carbocycles. The topological polar surface area (TPSA) is 58.6 Å². The van der Waals surface area contributed by atoms with Crippen molar-refractivity contribution >= 4 is 11.8 Å². The lowest BCUT2D eigenvalue weighted by atomic mass is 9.87. The van der Waals surface area contributed by atoms with Crippen molar-refractivity contribution in [2.24, 2.45) is 5.92 Å². The van der Waals surface area contributed by atoms with Crippen LogP contribution in [0.2, 0.25) is 0 Å². The average Bonchev–Trinajstić information content (AvgIpc) is 3.58. The maximum atomic E-state index is 13.4. The van der Waals surface area contributed by atoms with Gasteiger partial charge in [-0.05, 0) is 41.7 Å². The molecule has 0 unspecified atom stereocenters. The van der Waals surface area contributed by atoms with Gasteiger partial charge in [-0.25, -0.2) is 4.39 Å². The van der Waals surface area contributed by atoms with E-state index in [9.17, 15) is 14.0 Å². The monoisotopic (exact) mass is 424 g/mol. The van der Waals surface area contributed by atoms with Gasteiger partial charge in [-0.2, -0.15) is 0 Å². The highest BCUT2D eigenvalue weighted by atomic mass is 19.1. The third-order valence-corrected chi connectivity index (χ3v) is 5.97. The van der Waals surface area contributed by atoms with Crippen molar-refractivity contribution in [3.63, 3.8) is 0 Å². The second kappa shape index (κ2) is 8.79. The molecule has 1 saturated carbocycles. The summed E-state index contributed by atoms with van der Waals surface area (Å²) >= 11 is 0. The molecule has 5 nitrogen and oxygen atoms in total. The summed E-state index contributed by atoms with van der Waals surface area (Å²) in [6.07, 6.45) is 2.28. The van der Waals surface area contributed by atoms with Gasteiger partial charge in [0.05, 0.1) is 13.2 Å². The minimum atomic E-state index is -1.15. The number of rotatable bonds is 6.